The van der Waals surface area contributed by atoms with E-state index in [2.05, 4.69) is 9.89 Å². The molecule has 1 aromatic carbocycles. The van der Waals surface area contributed by atoms with E-state index in [0.29, 0.717) is 31.0 Å². The van der Waals surface area contributed by atoms with Crippen molar-refractivity contribution < 1.29 is 24.4 Å². The highest BCUT2D eigenvalue weighted by atomic mass is 16.5. The van der Waals surface area contributed by atoms with Crippen LogP contribution in [0.3, 0.4) is 0 Å². The quantitative estimate of drug-likeness (QED) is 0.285. The summed E-state index contributed by atoms with van der Waals surface area (Å²) in [6, 6.07) is 4.85. The van der Waals surface area contributed by atoms with E-state index in [1.165, 1.54) is 6.07 Å². The molecule has 1 aromatic rings. The summed E-state index contributed by atoms with van der Waals surface area (Å²) in [7, 11) is -1.21. The van der Waals surface area contributed by atoms with Gasteiger partial charge in [-0.25, -0.2) is 4.79 Å². The molecule has 2 heterocycles. The lowest BCUT2D eigenvalue weighted by atomic mass is 9.64. The van der Waals surface area contributed by atoms with Crippen molar-refractivity contribution in [3.8, 4) is 5.75 Å². The zero-order valence-corrected chi connectivity index (χ0v) is 16.3. The van der Waals surface area contributed by atoms with E-state index >= 15 is 0 Å². The number of ketones is 1. The fraction of sp³-hybridized carbons (Fsp3) is 0.526. The highest BCUT2D eigenvalue weighted by Crippen LogP contribution is 2.36. The largest absolute Gasteiger partial charge is 0.535 e. The van der Waals surface area contributed by atoms with Crippen LogP contribution in [0.5, 0.6) is 5.75 Å². The highest BCUT2D eigenvalue weighted by Gasteiger charge is 2.38. The van der Waals surface area contributed by atoms with Gasteiger partial charge in [-0.1, -0.05) is 12.1 Å². The van der Waals surface area contributed by atoms with Crippen LogP contribution < -0.4 is 16.1 Å². The first-order chi connectivity index (χ1) is 13.8. The van der Waals surface area contributed by atoms with E-state index in [-0.39, 0.29) is 29.5 Å². The number of guanidine groups is 1. The molecular formula is C19H27BN4O5. The van der Waals surface area contributed by atoms with Crippen molar-refractivity contribution in [3.63, 3.8) is 0 Å². The molecule has 0 radical (unpaired) electrons. The van der Waals surface area contributed by atoms with Gasteiger partial charge in [0.1, 0.15) is 11.5 Å². The van der Waals surface area contributed by atoms with E-state index in [1.54, 1.807) is 12.1 Å². The van der Waals surface area contributed by atoms with Crippen molar-refractivity contribution in [1.82, 2.24) is 4.90 Å². The zero-order chi connectivity index (χ0) is 21.0. The Balaban J connectivity index is 1.56. The van der Waals surface area contributed by atoms with Gasteiger partial charge in [0.05, 0.1) is 12.1 Å². The van der Waals surface area contributed by atoms with Gasteiger partial charge >= 0.3 is 13.1 Å². The van der Waals surface area contributed by atoms with Crippen molar-refractivity contribution in [1.29, 1.82) is 0 Å². The molecular weight excluding hydrogens is 375 g/mol. The molecule has 3 rings (SSSR count). The molecule has 156 valence electrons. The van der Waals surface area contributed by atoms with Crippen LogP contribution in [0.25, 0.3) is 0 Å². The predicted molar refractivity (Wildman–Crippen MR) is 109 cm³/mol. The van der Waals surface area contributed by atoms with Crippen LogP contribution in [0.4, 0.5) is 0 Å². The Kier molecular flexibility index (Phi) is 6.76. The number of rotatable bonds is 7. The molecule has 29 heavy (non-hydrogen) atoms. The van der Waals surface area contributed by atoms with Crippen molar-refractivity contribution in [2.75, 3.05) is 26.2 Å². The summed E-state index contributed by atoms with van der Waals surface area (Å²) in [5.41, 5.74) is 11.5. The minimum atomic E-state index is -1.21. The second-order valence-electron chi connectivity index (χ2n) is 7.82. The zero-order valence-electron chi connectivity index (χ0n) is 16.3. The van der Waals surface area contributed by atoms with Gasteiger partial charge in [-0.05, 0) is 43.4 Å². The Hall–Kier alpha value is -2.59. The summed E-state index contributed by atoms with van der Waals surface area (Å²) < 4.78 is 5.47. The molecule has 2 aliphatic heterocycles. The molecule has 1 unspecified atom stereocenters. The summed E-state index contributed by atoms with van der Waals surface area (Å²) in [4.78, 5) is 30.1. The minimum Gasteiger partial charge on any atom is -0.535 e. The fourth-order valence-electron chi connectivity index (χ4n) is 4.11. The maximum absolute atomic E-state index is 12.6. The number of Topliss-reactive ketones (excluding diaryl/α,β-unsaturated/α-hetero) is 1. The average Bonchev–Trinajstić information content (AvgIpc) is 2.66. The third kappa shape index (κ3) is 5.48. The van der Waals surface area contributed by atoms with E-state index < -0.39 is 18.9 Å². The maximum atomic E-state index is 12.6. The van der Waals surface area contributed by atoms with E-state index in [0.717, 1.165) is 25.9 Å². The maximum Gasteiger partial charge on any atom is 0.526 e. The second-order valence-corrected chi connectivity index (χ2v) is 7.82. The molecule has 0 saturated carbocycles. The normalized spacial score (nSPS) is 21.8. The van der Waals surface area contributed by atoms with Gasteiger partial charge in [0.2, 0.25) is 0 Å². The Labute approximate surface area is 169 Å². The van der Waals surface area contributed by atoms with Crippen LogP contribution in [0.1, 0.15) is 35.2 Å². The molecule has 0 aromatic heterocycles. The number of carboxylic acid groups (broad SMARTS) is 1. The lowest BCUT2D eigenvalue weighted by Crippen LogP contribution is -2.41. The number of hydrogen-bond donors (Lipinski definition) is 4. The molecule has 0 aliphatic carbocycles. The van der Waals surface area contributed by atoms with E-state index in [4.69, 9.17) is 16.1 Å². The van der Waals surface area contributed by atoms with Gasteiger partial charge in [0.25, 0.3) is 0 Å². The predicted octanol–water partition coefficient (Wildman–Crippen LogP) is 0.115. The van der Waals surface area contributed by atoms with E-state index in [1.807, 2.05) is 0 Å². The summed E-state index contributed by atoms with van der Waals surface area (Å²) >= 11 is 0. The number of aliphatic imine (C=N–C) groups is 1. The number of carbonyl (C=O) groups excluding carboxylic acids is 1. The fourth-order valence-corrected chi connectivity index (χ4v) is 4.11. The molecule has 2 aliphatic rings. The first kappa shape index (κ1) is 21.1. The third-order valence-electron chi connectivity index (χ3n) is 5.48. The van der Waals surface area contributed by atoms with Crippen LogP contribution in [0, 0.1) is 5.92 Å². The number of likely N-dealkylation sites (tertiary alicyclic amines) is 1. The number of para-hydroxylation sites is 1. The monoisotopic (exact) mass is 402 g/mol. The molecule has 0 spiro atoms. The number of nitrogens with two attached hydrogens (primary N) is 2. The third-order valence-corrected chi connectivity index (χ3v) is 5.48. The van der Waals surface area contributed by atoms with Crippen LogP contribution >= 0.6 is 0 Å². The summed E-state index contributed by atoms with van der Waals surface area (Å²) in [5.74, 6) is -0.891. The van der Waals surface area contributed by atoms with E-state index in [9.17, 15) is 19.7 Å². The highest BCUT2D eigenvalue weighted by molar-refractivity contribution is 6.47. The van der Waals surface area contributed by atoms with Crippen molar-refractivity contribution >= 4 is 24.8 Å². The number of hydrogen-bond acceptors (Lipinski definition) is 6. The first-order valence-electron chi connectivity index (χ1n) is 9.83. The molecule has 0 amide bonds. The summed E-state index contributed by atoms with van der Waals surface area (Å²) in [6.07, 6.45) is 2.58. The molecule has 1 saturated heterocycles. The standard InChI is InChI=1S/C19H27BN4O5/c21-19(22)23-9-12-3-2-6-24(10-12)11-15(25)8-14-7-13-4-1-5-16(18(26)27)17(13)29-20(14)28/h1,4-5,12,14,28H,2-3,6-11H2,(H,26,27)(H4,21,22,23)/t12?,14-/m1/s1. The smallest absolute Gasteiger partial charge is 0.526 e. The minimum absolute atomic E-state index is 0.0199. The van der Waals surface area contributed by atoms with Crippen LogP contribution in [0.15, 0.2) is 23.2 Å². The number of carbonyl (C=O) groups is 2. The number of piperidine rings is 1. The Morgan fingerprint density at radius 1 is 1.34 bits per heavy atom. The molecule has 1 fully saturated rings. The van der Waals surface area contributed by atoms with Crippen molar-refractivity contribution in [3.05, 3.63) is 29.3 Å². The molecule has 0 bridgehead atoms. The second kappa shape index (κ2) is 9.28. The lowest BCUT2D eigenvalue weighted by Gasteiger charge is -2.32. The van der Waals surface area contributed by atoms with Gasteiger partial charge in [0.15, 0.2) is 5.96 Å². The number of carboxylic acids is 1. The van der Waals surface area contributed by atoms with Gasteiger partial charge in [-0.15, -0.1) is 0 Å². The Morgan fingerprint density at radius 2 is 2.14 bits per heavy atom. The van der Waals surface area contributed by atoms with Gasteiger partial charge < -0.3 is 26.3 Å². The molecule has 9 nitrogen and oxygen atoms in total. The molecule has 6 N–H and O–H groups in total. The van der Waals surface area contributed by atoms with Gasteiger partial charge in [-0.3, -0.25) is 14.7 Å². The number of nitrogens with zero attached hydrogens (tertiary/aromatic N) is 2. The molecule has 10 heteroatoms. The summed E-state index contributed by atoms with van der Waals surface area (Å²) in [6.45, 7) is 2.48. The first-order valence-corrected chi connectivity index (χ1v) is 9.83. The summed E-state index contributed by atoms with van der Waals surface area (Å²) in [5, 5.41) is 19.6. The number of aromatic carboxylic acids is 1. The van der Waals surface area contributed by atoms with Crippen molar-refractivity contribution in [2.24, 2.45) is 22.4 Å². The van der Waals surface area contributed by atoms with Gasteiger partial charge in [0, 0.05) is 25.3 Å². The van der Waals surface area contributed by atoms with Crippen LogP contribution in [-0.4, -0.2) is 66.0 Å². The number of benzene rings is 1. The average molecular weight is 402 g/mol. The van der Waals surface area contributed by atoms with Crippen LogP contribution in [0.2, 0.25) is 5.82 Å². The molecule has 2 atom stereocenters. The van der Waals surface area contributed by atoms with Crippen molar-refractivity contribution in [2.45, 2.75) is 31.5 Å². The lowest BCUT2D eigenvalue weighted by molar-refractivity contribution is -0.120. The van der Waals surface area contributed by atoms with Gasteiger partial charge in [-0.2, -0.15) is 0 Å². The Bertz CT molecular complexity index is 799. The SMILES string of the molecule is NC(N)=NCC1CCCN(CC(=O)C[C@H]2Cc3cccc(C(=O)O)c3OB2O)C1. The van der Waals surface area contributed by atoms with Crippen LogP contribution in [-0.2, 0) is 11.2 Å². The topological polar surface area (TPSA) is 151 Å². The Morgan fingerprint density at radius 3 is 2.86 bits per heavy atom. The number of fused-ring (bicyclic) bond motifs is 1.